The zero-order valence-corrected chi connectivity index (χ0v) is 16.1. The van der Waals surface area contributed by atoms with Crippen LogP contribution in [0.15, 0.2) is 30.3 Å². The fourth-order valence-corrected chi connectivity index (χ4v) is 3.35. The van der Waals surface area contributed by atoms with Gasteiger partial charge in [0.2, 0.25) is 0 Å². The summed E-state index contributed by atoms with van der Waals surface area (Å²) in [6, 6.07) is 7.47. The summed E-state index contributed by atoms with van der Waals surface area (Å²) >= 11 is 7.32. The van der Waals surface area contributed by atoms with Crippen LogP contribution in [0, 0.1) is 11.6 Å². The lowest BCUT2D eigenvalue weighted by Crippen LogP contribution is -2.34. The third-order valence-electron chi connectivity index (χ3n) is 3.58. The van der Waals surface area contributed by atoms with Crippen molar-refractivity contribution in [1.29, 1.82) is 0 Å². The van der Waals surface area contributed by atoms with Gasteiger partial charge in [0.1, 0.15) is 23.0 Å². The largest absolute Gasteiger partial charge is 0.483 e. The molecule has 0 aliphatic carbocycles. The highest BCUT2D eigenvalue weighted by molar-refractivity contribution is 7.18. The molecule has 0 unspecified atom stereocenters. The van der Waals surface area contributed by atoms with Gasteiger partial charge in [-0.25, -0.2) is 13.8 Å². The molecular weight excluding hydrogens is 396 g/mol. The molecule has 0 fully saturated rings. The van der Waals surface area contributed by atoms with E-state index in [9.17, 15) is 13.6 Å². The van der Waals surface area contributed by atoms with Gasteiger partial charge in [-0.3, -0.25) is 9.69 Å². The first-order chi connectivity index (χ1) is 12.8. The predicted molar refractivity (Wildman–Crippen MR) is 101 cm³/mol. The second-order valence-electron chi connectivity index (χ2n) is 5.99. The molecule has 142 valence electrons. The summed E-state index contributed by atoms with van der Waals surface area (Å²) in [5, 5.41) is 3.61. The second-order valence-corrected chi connectivity index (χ2v) is 7.54. The number of nitrogens with zero attached hydrogens (tertiary/aromatic N) is 2. The van der Waals surface area contributed by atoms with Gasteiger partial charge in [0.15, 0.2) is 11.6 Å². The third-order valence-corrected chi connectivity index (χ3v) is 4.83. The molecular formula is C18H16ClF2N3O2S. The Kier molecular flexibility index (Phi) is 5.88. The third kappa shape index (κ3) is 4.52. The van der Waals surface area contributed by atoms with Crippen molar-refractivity contribution in [3.05, 3.63) is 57.6 Å². The lowest BCUT2D eigenvalue weighted by Gasteiger charge is -2.13. The first kappa shape index (κ1) is 19.5. The van der Waals surface area contributed by atoms with Gasteiger partial charge in [-0.1, -0.05) is 11.6 Å². The van der Waals surface area contributed by atoms with Gasteiger partial charge < -0.3 is 10.1 Å². The number of carbonyl (C=O) groups is 1. The summed E-state index contributed by atoms with van der Waals surface area (Å²) in [6.45, 7) is 0.134. The van der Waals surface area contributed by atoms with Gasteiger partial charge in [-0.05, 0) is 44.4 Å². The Morgan fingerprint density at radius 3 is 2.81 bits per heavy atom. The van der Waals surface area contributed by atoms with Gasteiger partial charge in [-0.15, -0.1) is 11.3 Å². The maximum Gasteiger partial charge on any atom is 0.258 e. The van der Waals surface area contributed by atoms with Crippen molar-refractivity contribution in [2.24, 2.45) is 0 Å². The van der Waals surface area contributed by atoms with Crippen LogP contribution in [0.1, 0.15) is 15.4 Å². The van der Waals surface area contributed by atoms with Crippen LogP contribution in [0.25, 0.3) is 10.2 Å². The molecule has 1 amide bonds. The number of rotatable bonds is 6. The molecule has 0 atom stereocenters. The molecule has 9 heteroatoms. The van der Waals surface area contributed by atoms with Crippen molar-refractivity contribution in [1.82, 2.24) is 15.2 Å². The molecule has 0 aliphatic heterocycles. The van der Waals surface area contributed by atoms with Gasteiger partial charge in [-0.2, -0.15) is 0 Å². The first-order valence-corrected chi connectivity index (χ1v) is 9.13. The molecule has 0 aliphatic rings. The molecule has 0 bridgehead atoms. The molecule has 0 saturated carbocycles. The maximum absolute atomic E-state index is 14.6. The highest BCUT2D eigenvalue weighted by Gasteiger charge is 2.21. The molecule has 3 rings (SSSR count). The summed E-state index contributed by atoms with van der Waals surface area (Å²) in [7, 11) is 3.44. The molecule has 0 radical (unpaired) electrons. The fourth-order valence-electron chi connectivity index (χ4n) is 2.32. The Balaban J connectivity index is 1.78. The van der Waals surface area contributed by atoms with Crippen LogP contribution in [0.2, 0.25) is 5.02 Å². The Hall–Kier alpha value is -2.29. The van der Waals surface area contributed by atoms with Crippen LogP contribution in [0.3, 0.4) is 0 Å². The number of halogens is 3. The van der Waals surface area contributed by atoms with Crippen molar-refractivity contribution >= 4 is 39.1 Å². The minimum atomic E-state index is -1.05. The highest BCUT2D eigenvalue weighted by Crippen LogP contribution is 2.28. The number of hydrogen-bond donors (Lipinski definition) is 1. The monoisotopic (exact) mass is 411 g/mol. The number of aromatic nitrogens is 1. The van der Waals surface area contributed by atoms with Crippen molar-refractivity contribution < 1.29 is 18.3 Å². The summed E-state index contributed by atoms with van der Waals surface area (Å²) < 4.78 is 34.9. The van der Waals surface area contributed by atoms with Gasteiger partial charge in [0.05, 0.1) is 16.9 Å². The smallest absolute Gasteiger partial charge is 0.258 e. The fraction of sp³-hybridized carbons (Fsp3) is 0.222. The van der Waals surface area contributed by atoms with E-state index in [1.807, 2.05) is 6.07 Å². The number of thiazole rings is 1. The molecule has 5 nitrogen and oxygen atoms in total. The Morgan fingerprint density at radius 1 is 1.30 bits per heavy atom. The van der Waals surface area contributed by atoms with Crippen LogP contribution in [0.4, 0.5) is 8.78 Å². The quantitative estimate of drug-likeness (QED) is 0.621. The van der Waals surface area contributed by atoms with Crippen molar-refractivity contribution in [2.45, 2.75) is 6.61 Å². The number of benzene rings is 2. The second kappa shape index (κ2) is 8.16. The number of carbonyl (C=O) groups excluding carboxylic acids is 1. The highest BCUT2D eigenvalue weighted by atomic mass is 35.5. The van der Waals surface area contributed by atoms with E-state index in [4.69, 9.17) is 16.3 Å². The van der Waals surface area contributed by atoms with E-state index < -0.39 is 23.1 Å². The Morgan fingerprint density at radius 2 is 2.07 bits per heavy atom. The number of amides is 1. The Bertz CT molecular complexity index is 994. The number of ether oxygens (including phenoxy) is 1. The summed E-state index contributed by atoms with van der Waals surface area (Å²) in [5.74, 6) is -3.07. The van der Waals surface area contributed by atoms with E-state index >= 15 is 0 Å². The standard InChI is InChI=1S/C18H16ClF2N3O2S/c1-24(2)9-22-18(25)16-11(20)4-5-13(17(16)21)26-8-15-23-12-7-10(19)3-6-14(12)27-15/h3-7H,8-9H2,1-2H3,(H,22,25). The van der Waals surface area contributed by atoms with E-state index in [-0.39, 0.29) is 19.0 Å². The van der Waals surface area contributed by atoms with E-state index in [2.05, 4.69) is 10.3 Å². The van der Waals surface area contributed by atoms with Crippen LogP contribution in [-0.4, -0.2) is 36.6 Å². The minimum Gasteiger partial charge on any atom is -0.483 e. The maximum atomic E-state index is 14.6. The molecule has 27 heavy (non-hydrogen) atoms. The van der Waals surface area contributed by atoms with Crippen LogP contribution in [-0.2, 0) is 6.61 Å². The summed E-state index contributed by atoms with van der Waals surface area (Å²) in [4.78, 5) is 18.1. The first-order valence-electron chi connectivity index (χ1n) is 7.94. The summed E-state index contributed by atoms with van der Waals surface area (Å²) in [5.41, 5.74) is 0.0415. The lowest BCUT2D eigenvalue weighted by molar-refractivity contribution is 0.0925. The number of fused-ring (bicyclic) bond motifs is 1. The molecule has 0 saturated heterocycles. The zero-order valence-electron chi connectivity index (χ0n) is 14.6. The number of nitrogens with one attached hydrogen (secondary N) is 1. The minimum absolute atomic E-state index is 0.0156. The zero-order chi connectivity index (χ0) is 19.6. The topological polar surface area (TPSA) is 54.5 Å². The van der Waals surface area contributed by atoms with Crippen molar-refractivity contribution in [3.63, 3.8) is 0 Å². The molecule has 2 aromatic carbocycles. The van der Waals surface area contributed by atoms with Crippen LogP contribution < -0.4 is 10.1 Å². The van der Waals surface area contributed by atoms with E-state index in [1.54, 1.807) is 31.1 Å². The lowest BCUT2D eigenvalue weighted by atomic mass is 10.1. The van der Waals surface area contributed by atoms with Crippen LogP contribution in [0.5, 0.6) is 5.75 Å². The normalized spacial score (nSPS) is 11.2. The molecule has 1 heterocycles. The molecule has 0 spiro atoms. The van der Waals surface area contributed by atoms with E-state index in [1.165, 1.54) is 11.3 Å². The number of hydrogen-bond acceptors (Lipinski definition) is 5. The average Bonchev–Trinajstić information content (AvgIpc) is 3.01. The Labute approximate surface area is 163 Å². The molecule has 1 N–H and O–H groups in total. The van der Waals surface area contributed by atoms with E-state index in [0.717, 1.165) is 22.3 Å². The van der Waals surface area contributed by atoms with Gasteiger partial charge >= 0.3 is 0 Å². The van der Waals surface area contributed by atoms with E-state index in [0.29, 0.717) is 10.0 Å². The summed E-state index contributed by atoms with van der Waals surface area (Å²) in [6.07, 6.45) is 0. The van der Waals surface area contributed by atoms with Gasteiger partial charge in [0.25, 0.3) is 5.91 Å². The average molecular weight is 412 g/mol. The van der Waals surface area contributed by atoms with Crippen molar-refractivity contribution in [2.75, 3.05) is 20.8 Å². The van der Waals surface area contributed by atoms with Crippen molar-refractivity contribution in [3.8, 4) is 5.75 Å². The predicted octanol–water partition coefficient (Wildman–Crippen LogP) is 4.06. The SMILES string of the molecule is CN(C)CNC(=O)c1c(F)ccc(OCc2nc3cc(Cl)ccc3s2)c1F. The van der Waals surface area contributed by atoms with Crippen LogP contribution >= 0.6 is 22.9 Å². The molecule has 3 aromatic rings. The molecule has 1 aromatic heterocycles. The van der Waals surface area contributed by atoms with Gasteiger partial charge in [0, 0.05) is 5.02 Å².